The van der Waals surface area contributed by atoms with Crippen LogP contribution in [0.1, 0.15) is 81.5 Å². The molecule has 0 amide bonds. The van der Waals surface area contributed by atoms with E-state index in [1.165, 1.54) is 32.6 Å². The molecular formula is C34H40ClP. The Hall–Kier alpha value is -2.40. The van der Waals surface area contributed by atoms with Gasteiger partial charge in [0, 0.05) is 0 Å². The lowest BCUT2D eigenvalue weighted by atomic mass is 9.85. The van der Waals surface area contributed by atoms with Crippen LogP contribution in [0.5, 0.6) is 0 Å². The predicted octanol–water partition coefficient (Wildman–Crippen LogP) is 5.55. The molecule has 0 bridgehead atoms. The van der Waals surface area contributed by atoms with Gasteiger partial charge in [0.25, 0.3) is 0 Å². The highest BCUT2D eigenvalue weighted by Gasteiger charge is 2.46. The van der Waals surface area contributed by atoms with Gasteiger partial charge in [-0.05, 0) is 76.4 Å². The highest BCUT2D eigenvalue weighted by molar-refractivity contribution is 7.95. The highest BCUT2D eigenvalue weighted by atomic mass is 35.5. The topological polar surface area (TPSA) is 0 Å². The standard InChI is InChI=1S/C34H40P.ClH/c1-25(2)28-22-32(26(3)4)34(33(23-28)27(5)6)24-35(29-16-10-7-11-17-29,30-18-12-8-13-19-30)31-20-14-9-15-21-31;/h7-23,25-27H,24H2,1-6H3;1H/q+1;/p-1. The molecule has 4 rings (SSSR count). The Morgan fingerprint density at radius 2 is 0.833 bits per heavy atom. The van der Waals surface area contributed by atoms with Gasteiger partial charge in [-0.25, -0.2) is 0 Å². The van der Waals surface area contributed by atoms with Crippen LogP contribution in [0.15, 0.2) is 103 Å². The van der Waals surface area contributed by atoms with Crippen molar-refractivity contribution in [1.29, 1.82) is 0 Å². The maximum Gasteiger partial charge on any atom is 0.116 e. The van der Waals surface area contributed by atoms with E-state index in [9.17, 15) is 0 Å². The first-order chi connectivity index (χ1) is 16.8. The summed E-state index contributed by atoms with van der Waals surface area (Å²) in [6, 6.07) is 38.9. The van der Waals surface area contributed by atoms with Gasteiger partial charge in [-0.15, -0.1) is 0 Å². The van der Waals surface area contributed by atoms with Gasteiger partial charge in [-0.2, -0.15) is 0 Å². The van der Waals surface area contributed by atoms with E-state index in [4.69, 9.17) is 0 Å². The van der Waals surface area contributed by atoms with Crippen LogP contribution in [-0.2, 0) is 6.16 Å². The van der Waals surface area contributed by atoms with Crippen molar-refractivity contribution < 1.29 is 12.4 Å². The molecule has 0 fully saturated rings. The summed E-state index contributed by atoms with van der Waals surface area (Å²) in [6.45, 7) is 14.1. The third kappa shape index (κ3) is 5.61. The van der Waals surface area contributed by atoms with Crippen LogP contribution in [0.25, 0.3) is 0 Å². The van der Waals surface area contributed by atoms with E-state index in [0.29, 0.717) is 17.8 Å². The molecule has 0 aliphatic heterocycles. The Morgan fingerprint density at radius 1 is 0.500 bits per heavy atom. The van der Waals surface area contributed by atoms with Crippen molar-refractivity contribution in [1.82, 2.24) is 0 Å². The Kier molecular flexibility index (Phi) is 9.57. The van der Waals surface area contributed by atoms with Crippen LogP contribution in [0.2, 0.25) is 0 Å². The van der Waals surface area contributed by atoms with Gasteiger partial charge in [-0.1, -0.05) is 108 Å². The van der Waals surface area contributed by atoms with Crippen LogP contribution >= 0.6 is 7.26 Å². The summed E-state index contributed by atoms with van der Waals surface area (Å²) in [5.74, 6) is 1.48. The Morgan fingerprint density at radius 3 is 1.11 bits per heavy atom. The van der Waals surface area contributed by atoms with Gasteiger partial charge in [0.15, 0.2) is 0 Å². The van der Waals surface area contributed by atoms with E-state index in [1.807, 2.05) is 0 Å². The molecule has 4 aromatic rings. The molecule has 0 radical (unpaired) electrons. The molecule has 0 aliphatic carbocycles. The molecule has 0 spiro atoms. The van der Waals surface area contributed by atoms with Crippen LogP contribution in [0.3, 0.4) is 0 Å². The molecule has 0 saturated heterocycles. The second kappa shape index (κ2) is 12.2. The minimum absolute atomic E-state index is 0. The lowest BCUT2D eigenvalue weighted by Gasteiger charge is -2.31. The normalized spacial score (nSPS) is 11.7. The molecule has 0 nitrogen and oxygen atoms in total. The zero-order valence-corrected chi connectivity index (χ0v) is 24.2. The summed E-state index contributed by atoms with van der Waals surface area (Å²) in [5, 5.41) is 4.36. The van der Waals surface area contributed by atoms with Crippen LogP contribution in [0.4, 0.5) is 0 Å². The predicted molar refractivity (Wildman–Crippen MR) is 158 cm³/mol. The highest BCUT2D eigenvalue weighted by Crippen LogP contribution is 2.59. The van der Waals surface area contributed by atoms with Gasteiger partial charge >= 0.3 is 0 Å². The van der Waals surface area contributed by atoms with Gasteiger partial charge in [0.2, 0.25) is 0 Å². The Labute approximate surface area is 225 Å². The molecule has 0 aromatic heterocycles. The fourth-order valence-electron chi connectivity index (χ4n) is 5.29. The van der Waals surface area contributed by atoms with Crippen molar-refractivity contribution in [3.8, 4) is 0 Å². The van der Waals surface area contributed by atoms with E-state index >= 15 is 0 Å². The zero-order valence-electron chi connectivity index (χ0n) is 22.6. The fraction of sp³-hybridized carbons (Fsp3) is 0.294. The minimum Gasteiger partial charge on any atom is -1.00 e. The molecule has 36 heavy (non-hydrogen) atoms. The summed E-state index contributed by atoms with van der Waals surface area (Å²) in [4.78, 5) is 0. The van der Waals surface area contributed by atoms with Crippen molar-refractivity contribution in [2.75, 3.05) is 0 Å². The molecule has 0 saturated carbocycles. The van der Waals surface area contributed by atoms with Crippen molar-refractivity contribution in [2.45, 2.75) is 65.5 Å². The number of hydrogen-bond acceptors (Lipinski definition) is 0. The van der Waals surface area contributed by atoms with Gasteiger partial charge in [0.05, 0.1) is 6.16 Å². The Bertz CT molecular complexity index is 1100. The molecule has 0 N–H and O–H groups in total. The average Bonchev–Trinajstić information content (AvgIpc) is 2.88. The first-order valence-electron chi connectivity index (χ1n) is 13.1. The first kappa shape index (κ1) is 28.2. The quantitative estimate of drug-likeness (QED) is 0.270. The fourth-order valence-corrected chi connectivity index (χ4v) is 9.62. The molecule has 0 aliphatic rings. The van der Waals surface area contributed by atoms with Crippen LogP contribution in [-0.4, -0.2) is 0 Å². The van der Waals surface area contributed by atoms with E-state index in [0.717, 1.165) is 6.16 Å². The van der Waals surface area contributed by atoms with E-state index < -0.39 is 7.26 Å². The summed E-state index contributed by atoms with van der Waals surface area (Å²) in [6.07, 6.45) is 1.05. The first-order valence-corrected chi connectivity index (χ1v) is 15.0. The number of halogens is 1. The second-order valence-electron chi connectivity index (χ2n) is 10.6. The maximum absolute atomic E-state index is 2.51. The molecule has 2 heteroatoms. The molecule has 4 aromatic carbocycles. The summed E-state index contributed by atoms with van der Waals surface area (Å²) in [7, 11) is -1.95. The average molecular weight is 515 g/mol. The lowest BCUT2D eigenvalue weighted by molar-refractivity contribution is -0.00000737. The molecule has 188 valence electrons. The van der Waals surface area contributed by atoms with Crippen molar-refractivity contribution >= 4 is 23.2 Å². The Balaban J connectivity index is 0.00000361. The zero-order chi connectivity index (χ0) is 25.0. The lowest BCUT2D eigenvalue weighted by Crippen LogP contribution is -3.00. The van der Waals surface area contributed by atoms with Gasteiger partial charge in [0.1, 0.15) is 23.2 Å². The third-order valence-corrected chi connectivity index (χ3v) is 11.6. The van der Waals surface area contributed by atoms with Crippen molar-refractivity contribution in [3.63, 3.8) is 0 Å². The molecule has 0 atom stereocenters. The largest absolute Gasteiger partial charge is 1.00 e. The smallest absolute Gasteiger partial charge is 0.116 e. The van der Waals surface area contributed by atoms with Gasteiger partial charge < -0.3 is 12.4 Å². The molecular weight excluding hydrogens is 475 g/mol. The minimum atomic E-state index is -1.95. The molecule has 0 unspecified atom stereocenters. The number of hydrogen-bond donors (Lipinski definition) is 0. The van der Waals surface area contributed by atoms with Crippen molar-refractivity contribution in [3.05, 3.63) is 125 Å². The summed E-state index contributed by atoms with van der Waals surface area (Å²) >= 11 is 0. The van der Waals surface area contributed by atoms with Crippen LogP contribution < -0.4 is 28.3 Å². The van der Waals surface area contributed by atoms with E-state index in [2.05, 4.69) is 145 Å². The monoisotopic (exact) mass is 514 g/mol. The summed E-state index contributed by atoms with van der Waals surface area (Å²) < 4.78 is 0. The summed E-state index contributed by atoms with van der Waals surface area (Å²) in [5.41, 5.74) is 6.06. The second-order valence-corrected chi connectivity index (χ2v) is 14.1. The number of benzene rings is 4. The maximum atomic E-state index is 2.51. The van der Waals surface area contributed by atoms with Crippen LogP contribution in [0, 0.1) is 0 Å². The number of rotatable bonds is 8. The van der Waals surface area contributed by atoms with Crippen molar-refractivity contribution in [2.24, 2.45) is 0 Å². The van der Waals surface area contributed by atoms with E-state index in [-0.39, 0.29) is 12.4 Å². The SMILES string of the molecule is CC(C)c1cc(C(C)C)c(C[P+](c2ccccc2)(c2ccccc2)c2ccccc2)c(C(C)C)c1.[Cl-]. The molecule has 0 heterocycles. The third-order valence-electron chi connectivity index (χ3n) is 7.24. The van der Waals surface area contributed by atoms with E-state index in [1.54, 1.807) is 5.56 Å². The van der Waals surface area contributed by atoms with Gasteiger partial charge in [-0.3, -0.25) is 0 Å².